The fourth-order valence-electron chi connectivity index (χ4n) is 5.06. The molecule has 7 heteroatoms. The van der Waals surface area contributed by atoms with Gasteiger partial charge in [-0.15, -0.1) is 0 Å². The number of likely N-dealkylation sites (tertiary alicyclic amines) is 1. The molecule has 0 radical (unpaired) electrons. The van der Waals surface area contributed by atoms with E-state index >= 15 is 0 Å². The van der Waals surface area contributed by atoms with Gasteiger partial charge in [0.05, 0.1) is 5.56 Å². The topological polar surface area (TPSA) is 61.4 Å². The summed E-state index contributed by atoms with van der Waals surface area (Å²) < 4.78 is 27.6. The highest BCUT2D eigenvalue weighted by molar-refractivity contribution is 5.98. The molecule has 1 saturated carbocycles. The Bertz CT molecular complexity index is 751. The minimum absolute atomic E-state index is 0.0501. The molecule has 3 aliphatic rings. The van der Waals surface area contributed by atoms with Crippen molar-refractivity contribution in [3.05, 3.63) is 35.4 Å². The molecule has 4 atom stereocenters. The predicted molar refractivity (Wildman–Crippen MR) is 101 cm³/mol. The van der Waals surface area contributed by atoms with Crippen molar-refractivity contribution in [1.29, 1.82) is 0 Å². The zero-order valence-corrected chi connectivity index (χ0v) is 15.9. The highest BCUT2D eigenvalue weighted by Crippen LogP contribution is 2.40. The Labute approximate surface area is 163 Å². The summed E-state index contributed by atoms with van der Waals surface area (Å²) in [4.78, 5) is 27.9. The van der Waals surface area contributed by atoms with Crippen LogP contribution in [0.5, 0.6) is 0 Å². The summed E-state index contributed by atoms with van der Waals surface area (Å²) in [5.41, 5.74) is -0.162. The van der Waals surface area contributed by atoms with Crippen molar-refractivity contribution in [3.8, 4) is 0 Å². The van der Waals surface area contributed by atoms with E-state index < -0.39 is 23.6 Å². The van der Waals surface area contributed by atoms with Crippen LogP contribution in [0.4, 0.5) is 8.78 Å². The van der Waals surface area contributed by atoms with Crippen molar-refractivity contribution < 1.29 is 18.4 Å². The number of piperidine rings is 1. The van der Waals surface area contributed by atoms with E-state index in [0.717, 1.165) is 63.7 Å². The monoisotopic (exact) mass is 391 g/mol. The molecule has 2 N–H and O–H groups in total. The molecule has 0 spiro atoms. The van der Waals surface area contributed by atoms with E-state index in [9.17, 15) is 18.4 Å². The third-order valence-electron chi connectivity index (χ3n) is 6.43. The van der Waals surface area contributed by atoms with Crippen LogP contribution in [-0.2, 0) is 4.79 Å². The Hall–Kier alpha value is -2.02. The molecule has 0 bridgehead atoms. The van der Waals surface area contributed by atoms with Crippen LogP contribution in [0.25, 0.3) is 0 Å². The van der Waals surface area contributed by atoms with Gasteiger partial charge in [-0.1, -0.05) is 12.8 Å². The normalized spacial score (nSPS) is 30.0. The number of fused-ring (bicyclic) bond motifs is 1. The summed E-state index contributed by atoms with van der Waals surface area (Å²) in [6.07, 6.45) is 6.43. The standard InChI is InChI=1S/C21H27F2N3O2/c22-14-7-8-16(17(23)11-14)21(28)26-18-6-2-1-4-13(18)10-19(26)20(27)25-15-5-3-9-24-12-15/h7-8,11,13,15,18-19,24H,1-6,9-10,12H2,(H,25,27)/t13?,15-,18?,19?/m0/s1. The first-order chi connectivity index (χ1) is 13.5. The van der Waals surface area contributed by atoms with Gasteiger partial charge >= 0.3 is 0 Å². The number of hydrogen-bond donors (Lipinski definition) is 2. The molecular weight excluding hydrogens is 364 g/mol. The number of amides is 2. The molecule has 2 heterocycles. The lowest BCUT2D eigenvalue weighted by atomic mass is 9.84. The Kier molecular flexibility index (Phi) is 5.62. The maximum Gasteiger partial charge on any atom is 0.257 e. The van der Waals surface area contributed by atoms with E-state index in [0.29, 0.717) is 6.42 Å². The van der Waals surface area contributed by atoms with Gasteiger partial charge in [-0.2, -0.15) is 0 Å². The van der Waals surface area contributed by atoms with Gasteiger partial charge in [-0.25, -0.2) is 8.78 Å². The van der Waals surface area contributed by atoms with Crippen LogP contribution in [0.1, 0.15) is 55.3 Å². The molecule has 5 nitrogen and oxygen atoms in total. The van der Waals surface area contributed by atoms with Crippen molar-refractivity contribution in [3.63, 3.8) is 0 Å². The largest absolute Gasteiger partial charge is 0.350 e. The summed E-state index contributed by atoms with van der Waals surface area (Å²) in [5.74, 6) is -1.99. The minimum Gasteiger partial charge on any atom is -0.350 e. The van der Waals surface area contributed by atoms with Gasteiger partial charge in [-0.3, -0.25) is 9.59 Å². The van der Waals surface area contributed by atoms with Gasteiger partial charge in [0.2, 0.25) is 5.91 Å². The Morgan fingerprint density at radius 3 is 2.68 bits per heavy atom. The van der Waals surface area contributed by atoms with Gasteiger partial charge in [0, 0.05) is 24.7 Å². The number of nitrogens with one attached hydrogen (secondary N) is 2. The molecule has 3 fully saturated rings. The minimum atomic E-state index is -0.875. The highest BCUT2D eigenvalue weighted by atomic mass is 19.1. The number of carbonyl (C=O) groups is 2. The second kappa shape index (κ2) is 8.15. The molecule has 1 aromatic rings. The molecule has 2 aliphatic heterocycles. The predicted octanol–water partition coefficient (Wildman–Crippen LogP) is 2.61. The Morgan fingerprint density at radius 2 is 1.93 bits per heavy atom. The van der Waals surface area contributed by atoms with Crippen molar-refractivity contribution >= 4 is 11.8 Å². The second-order valence-corrected chi connectivity index (χ2v) is 8.25. The fourth-order valence-corrected chi connectivity index (χ4v) is 5.06. The van der Waals surface area contributed by atoms with E-state index in [1.165, 1.54) is 6.07 Å². The van der Waals surface area contributed by atoms with E-state index in [1.54, 1.807) is 4.90 Å². The van der Waals surface area contributed by atoms with Crippen LogP contribution in [0.3, 0.4) is 0 Å². The molecule has 0 aromatic heterocycles. The fraction of sp³-hybridized carbons (Fsp3) is 0.619. The van der Waals surface area contributed by atoms with Crippen LogP contribution in [0.15, 0.2) is 18.2 Å². The zero-order chi connectivity index (χ0) is 19.7. The lowest BCUT2D eigenvalue weighted by Crippen LogP contribution is -2.54. The molecule has 28 heavy (non-hydrogen) atoms. The van der Waals surface area contributed by atoms with Crippen molar-refractivity contribution in [2.45, 2.75) is 63.1 Å². The molecule has 152 valence electrons. The number of rotatable bonds is 3. The third-order valence-corrected chi connectivity index (χ3v) is 6.43. The molecule has 2 saturated heterocycles. The highest BCUT2D eigenvalue weighted by Gasteiger charge is 2.48. The maximum absolute atomic E-state index is 14.3. The van der Waals surface area contributed by atoms with Gasteiger partial charge in [0.15, 0.2) is 0 Å². The first-order valence-electron chi connectivity index (χ1n) is 10.3. The van der Waals surface area contributed by atoms with Crippen LogP contribution < -0.4 is 10.6 Å². The van der Waals surface area contributed by atoms with E-state index in [2.05, 4.69) is 10.6 Å². The summed E-state index contributed by atoms with van der Waals surface area (Å²) >= 11 is 0. The van der Waals surface area contributed by atoms with Crippen molar-refractivity contribution in [2.75, 3.05) is 13.1 Å². The van der Waals surface area contributed by atoms with Crippen LogP contribution >= 0.6 is 0 Å². The summed E-state index contributed by atoms with van der Waals surface area (Å²) in [5, 5.41) is 6.35. The first kappa shape index (κ1) is 19.3. The van der Waals surface area contributed by atoms with Crippen molar-refractivity contribution in [2.24, 2.45) is 5.92 Å². The average molecular weight is 391 g/mol. The third kappa shape index (κ3) is 3.77. The summed E-state index contributed by atoms with van der Waals surface area (Å²) in [6, 6.07) is 2.42. The lowest BCUT2D eigenvalue weighted by molar-refractivity contribution is -0.126. The first-order valence-corrected chi connectivity index (χ1v) is 10.3. The molecule has 2 amide bonds. The van der Waals surface area contributed by atoms with E-state index in [4.69, 9.17) is 0 Å². The number of nitrogens with zero attached hydrogens (tertiary/aromatic N) is 1. The smallest absolute Gasteiger partial charge is 0.257 e. The second-order valence-electron chi connectivity index (χ2n) is 8.25. The van der Waals surface area contributed by atoms with Gasteiger partial charge < -0.3 is 15.5 Å². The average Bonchev–Trinajstić information content (AvgIpc) is 3.08. The lowest BCUT2D eigenvalue weighted by Gasteiger charge is -2.34. The van der Waals surface area contributed by atoms with Gasteiger partial charge in [0.1, 0.15) is 17.7 Å². The van der Waals surface area contributed by atoms with Crippen LogP contribution in [-0.4, -0.2) is 47.9 Å². The summed E-state index contributed by atoms with van der Waals surface area (Å²) in [6.45, 7) is 1.68. The number of benzene rings is 1. The summed E-state index contributed by atoms with van der Waals surface area (Å²) in [7, 11) is 0. The molecular formula is C21H27F2N3O2. The number of halogens is 2. The Balaban J connectivity index is 1.58. The Morgan fingerprint density at radius 1 is 1.11 bits per heavy atom. The van der Waals surface area contributed by atoms with E-state index in [1.807, 2.05) is 0 Å². The quantitative estimate of drug-likeness (QED) is 0.833. The maximum atomic E-state index is 14.3. The molecule has 1 aromatic carbocycles. The number of carbonyl (C=O) groups excluding carboxylic acids is 2. The molecule has 1 aliphatic carbocycles. The van der Waals surface area contributed by atoms with Gasteiger partial charge in [0.25, 0.3) is 5.91 Å². The zero-order valence-electron chi connectivity index (χ0n) is 15.9. The van der Waals surface area contributed by atoms with E-state index in [-0.39, 0.29) is 29.5 Å². The SMILES string of the molecule is O=C(N[C@H]1CCCNC1)C1CC2CCCCC2N1C(=O)c1ccc(F)cc1F. The van der Waals surface area contributed by atoms with Gasteiger partial charge in [-0.05, 0) is 56.7 Å². The molecule has 4 rings (SSSR count). The van der Waals surface area contributed by atoms with Crippen LogP contribution in [0, 0.1) is 17.6 Å². The molecule has 3 unspecified atom stereocenters. The van der Waals surface area contributed by atoms with Crippen LogP contribution in [0.2, 0.25) is 0 Å². The van der Waals surface area contributed by atoms with Crippen molar-refractivity contribution in [1.82, 2.24) is 15.5 Å². The number of hydrogen-bond acceptors (Lipinski definition) is 3.